The van der Waals surface area contributed by atoms with Crippen LogP contribution in [0, 0.1) is 0 Å². The van der Waals surface area contributed by atoms with Crippen molar-refractivity contribution in [2.75, 3.05) is 0 Å². The summed E-state index contributed by atoms with van der Waals surface area (Å²) in [5.41, 5.74) is 2.07. The number of hydrogen-bond donors (Lipinski definition) is 0. The van der Waals surface area contributed by atoms with Crippen molar-refractivity contribution in [3.63, 3.8) is 0 Å². The maximum absolute atomic E-state index is 11.5. The maximum atomic E-state index is 11.5. The lowest BCUT2D eigenvalue weighted by Gasteiger charge is -2.01. The van der Waals surface area contributed by atoms with Crippen molar-refractivity contribution in [2.24, 2.45) is 0 Å². The molecule has 0 radical (unpaired) electrons. The van der Waals surface area contributed by atoms with Crippen molar-refractivity contribution < 1.29 is 4.79 Å². The minimum atomic E-state index is 0.134. The standard InChI is InChI=1S/C12H18N2O/c1-4-7-12(15)9-11-8-10(5-2)13-14(11)6-3/h4,7-8H,5-6,9H2,1-3H3/b7-4+. The molecule has 15 heavy (non-hydrogen) atoms. The fraction of sp³-hybridized carbons (Fsp3) is 0.500. The molecule has 0 saturated heterocycles. The minimum absolute atomic E-state index is 0.134. The van der Waals surface area contributed by atoms with Crippen LogP contribution in [0.5, 0.6) is 0 Å². The number of rotatable bonds is 5. The molecule has 0 unspecified atom stereocenters. The lowest BCUT2D eigenvalue weighted by Crippen LogP contribution is -2.07. The Hall–Kier alpha value is -1.38. The summed E-state index contributed by atoms with van der Waals surface area (Å²) in [4.78, 5) is 11.5. The summed E-state index contributed by atoms with van der Waals surface area (Å²) in [7, 11) is 0. The van der Waals surface area contributed by atoms with Crippen LogP contribution < -0.4 is 0 Å². The first kappa shape index (κ1) is 11.7. The van der Waals surface area contributed by atoms with Gasteiger partial charge in [-0.25, -0.2) is 0 Å². The fourth-order valence-electron chi connectivity index (χ4n) is 1.53. The van der Waals surface area contributed by atoms with Crippen LogP contribution in [0.15, 0.2) is 18.2 Å². The molecule has 0 bridgehead atoms. The second-order valence-corrected chi connectivity index (χ2v) is 3.44. The molecule has 0 aliphatic carbocycles. The van der Waals surface area contributed by atoms with Gasteiger partial charge in [0.15, 0.2) is 5.78 Å². The van der Waals surface area contributed by atoms with Crippen molar-refractivity contribution in [2.45, 2.75) is 40.2 Å². The zero-order chi connectivity index (χ0) is 11.3. The van der Waals surface area contributed by atoms with Crippen LogP contribution in [0.2, 0.25) is 0 Å². The van der Waals surface area contributed by atoms with E-state index < -0.39 is 0 Å². The molecule has 82 valence electrons. The predicted molar refractivity (Wildman–Crippen MR) is 60.8 cm³/mol. The molecule has 0 amide bonds. The van der Waals surface area contributed by atoms with Gasteiger partial charge >= 0.3 is 0 Å². The Labute approximate surface area is 90.8 Å². The minimum Gasteiger partial charge on any atom is -0.294 e. The van der Waals surface area contributed by atoms with Gasteiger partial charge in [0.1, 0.15) is 0 Å². The van der Waals surface area contributed by atoms with Gasteiger partial charge in [-0.2, -0.15) is 5.10 Å². The molecule has 0 N–H and O–H groups in total. The van der Waals surface area contributed by atoms with Crippen molar-refractivity contribution in [1.29, 1.82) is 0 Å². The number of nitrogens with zero attached hydrogens (tertiary/aromatic N) is 2. The lowest BCUT2D eigenvalue weighted by molar-refractivity contribution is -0.114. The van der Waals surface area contributed by atoms with E-state index in [1.807, 2.05) is 24.6 Å². The smallest absolute Gasteiger partial charge is 0.161 e. The molecule has 1 aromatic heterocycles. The van der Waals surface area contributed by atoms with E-state index >= 15 is 0 Å². The highest BCUT2D eigenvalue weighted by atomic mass is 16.1. The molecule has 0 spiro atoms. The van der Waals surface area contributed by atoms with Gasteiger partial charge in [-0.05, 0) is 32.4 Å². The first-order valence-corrected chi connectivity index (χ1v) is 5.42. The number of hydrogen-bond acceptors (Lipinski definition) is 2. The summed E-state index contributed by atoms with van der Waals surface area (Å²) in [6.07, 6.45) is 4.75. The number of carbonyl (C=O) groups is 1. The Morgan fingerprint density at radius 2 is 2.27 bits per heavy atom. The molecule has 1 heterocycles. The van der Waals surface area contributed by atoms with Crippen molar-refractivity contribution >= 4 is 5.78 Å². The van der Waals surface area contributed by atoms with E-state index in [0.717, 1.165) is 24.4 Å². The topological polar surface area (TPSA) is 34.9 Å². The van der Waals surface area contributed by atoms with Crippen LogP contribution in [-0.2, 0) is 24.2 Å². The van der Waals surface area contributed by atoms with Crippen molar-refractivity contribution in [1.82, 2.24) is 9.78 Å². The molecule has 0 aliphatic heterocycles. The van der Waals surface area contributed by atoms with Crippen LogP contribution in [0.25, 0.3) is 0 Å². The van der Waals surface area contributed by atoms with Crippen LogP contribution in [-0.4, -0.2) is 15.6 Å². The maximum Gasteiger partial charge on any atom is 0.161 e. The van der Waals surface area contributed by atoms with Gasteiger partial charge in [-0.3, -0.25) is 9.48 Å². The second-order valence-electron chi connectivity index (χ2n) is 3.44. The van der Waals surface area contributed by atoms with Gasteiger partial charge in [0.25, 0.3) is 0 Å². The summed E-state index contributed by atoms with van der Waals surface area (Å²) in [5, 5.41) is 4.40. The largest absolute Gasteiger partial charge is 0.294 e. The van der Waals surface area contributed by atoms with Gasteiger partial charge in [0.05, 0.1) is 12.1 Å². The quantitative estimate of drug-likeness (QED) is 0.692. The number of ketones is 1. The molecule has 0 saturated carbocycles. The highest BCUT2D eigenvalue weighted by Crippen LogP contribution is 2.07. The molecule has 3 nitrogen and oxygen atoms in total. The average molecular weight is 206 g/mol. The SMILES string of the molecule is C/C=C/C(=O)Cc1cc(CC)nn1CC. The summed E-state index contributed by atoms with van der Waals surface area (Å²) in [5.74, 6) is 0.134. The van der Waals surface area contributed by atoms with E-state index in [1.165, 1.54) is 0 Å². The number of aryl methyl sites for hydroxylation is 2. The van der Waals surface area contributed by atoms with Gasteiger partial charge in [-0.1, -0.05) is 13.0 Å². The summed E-state index contributed by atoms with van der Waals surface area (Å²) in [6.45, 7) is 6.78. The van der Waals surface area contributed by atoms with Gasteiger partial charge < -0.3 is 0 Å². The van der Waals surface area contributed by atoms with E-state index in [1.54, 1.807) is 12.2 Å². The average Bonchev–Trinajstić information content (AvgIpc) is 2.60. The number of allylic oxidation sites excluding steroid dienone is 2. The van der Waals surface area contributed by atoms with Crippen LogP contribution in [0.1, 0.15) is 32.2 Å². The summed E-state index contributed by atoms with van der Waals surface area (Å²) >= 11 is 0. The molecule has 1 aromatic rings. The summed E-state index contributed by atoms with van der Waals surface area (Å²) in [6, 6.07) is 2.02. The Kier molecular flexibility index (Phi) is 4.28. The zero-order valence-electron chi connectivity index (χ0n) is 9.66. The molecule has 0 atom stereocenters. The Balaban J connectivity index is 2.83. The monoisotopic (exact) mass is 206 g/mol. The number of carbonyl (C=O) groups excluding carboxylic acids is 1. The highest BCUT2D eigenvalue weighted by molar-refractivity contribution is 5.91. The van der Waals surface area contributed by atoms with E-state index in [-0.39, 0.29) is 5.78 Å². The molecule has 0 aromatic carbocycles. The fourth-order valence-corrected chi connectivity index (χ4v) is 1.53. The predicted octanol–water partition coefficient (Wildman–Crippen LogP) is 2.15. The van der Waals surface area contributed by atoms with E-state index in [9.17, 15) is 4.79 Å². The first-order chi connectivity index (χ1) is 7.21. The Morgan fingerprint density at radius 1 is 1.53 bits per heavy atom. The normalized spacial score (nSPS) is 11.1. The molecule has 0 aliphatic rings. The van der Waals surface area contributed by atoms with Crippen LogP contribution in [0.3, 0.4) is 0 Å². The van der Waals surface area contributed by atoms with Gasteiger partial charge in [0, 0.05) is 12.2 Å². The third-order valence-electron chi connectivity index (χ3n) is 2.28. The molecular weight excluding hydrogens is 188 g/mol. The van der Waals surface area contributed by atoms with Crippen molar-refractivity contribution in [3.05, 3.63) is 29.6 Å². The number of aromatic nitrogens is 2. The molecule has 3 heteroatoms. The van der Waals surface area contributed by atoms with Gasteiger partial charge in [0.2, 0.25) is 0 Å². The molecular formula is C12H18N2O. The highest BCUT2D eigenvalue weighted by Gasteiger charge is 2.08. The van der Waals surface area contributed by atoms with Crippen LogP contribution in [0.4, 0.5) is 0 Å². The third kappa shape index (κ3) is 3.05. The van der Waals surface area contributed by atoms with E-state index in [0.29, 0.717) is 6.42 Å². The zero-order valence-corrected chi connectivity index (χ0v) is 9.66. The van der Waals surface area contributed by atoms with Crippen molar-refractivity contribution in [3.8, 4) is 0 Å². The summed E-state index contributed by atoms with van der Waals surface area (Å²) < 4.78 is 1.90. The Morgan fingerprint density at radius 3 is 2.80 bits per heavy atom. The van der Waals surface area contributed by atoms with E-state index in [2.05, 4.69) is 12.0 Å². The Bertz CT molecular complexity index is 364. The molecule has 0 fully saturated rings. The first-order valence-electron chi connectivity index (χ1n) is 5.42. The second kappa shape index (κ2) is 5.49. The van der Waals surface area contributed by atoms with Crippen LogP contribution >= 0.6 is 0 Å². The molecule has 1 rings (SSSR count). The lowest BCUT2D eigenvalue weighted by atomic mass is 10.2. The van der Waals surface area contributed by atoms with Gasteiger partial charge in [-0.15, -0.1) is 0 Å². The third-order valence-corrected chi connectivity index (χ3v) is 2.28. The van der Waals surface area contributed by atoms with E-state index in [4.69, 9.17) is 0 Å².